The molecule has 5 nitrogen and oxygen atoms in total. The number of esters is 2. The summed E-state index contributed by atoms with van der Waals surface area (Å²) in [7, 11) is 0. The third-order valence-corrected chi connectivity index (χ3v) is 5.70. The molecule has 194 valence electrons. The minimum absolute atomic E-state index is 0.0120. The van der Waals surface area contributed by atoms with Crippen molar-refractivity contribution in [2.75, 3.05) is 0 Å². The lowest BCUT2D eigenvalue weighted by atomic mass is 10.1. The van der Waals surface area contributed by atoms with Crippen molar-refractivity contribution in [2.24, 2.45) is 0 Å². The van der Waals surface area contributed by atoms with E-state index in [0.29, 0.717) is 18.6 Å². The van der Waals surface area contributed by atoms with Gasteiger partial charge in [0, 0.05) is 18.9 Å². The Bertz CT molecular complexity index is 683. The molecular weight excluding hydrogens is 428 g/mol. The molecule has 0 aliphatic heterocycles. The van der Waals surface area contributed by atoms with Gasteiger partial charge >= 0.3 is 11.9 Å². The Kier molecular flexibility index (Phi) is 17.0. The predicted molar refractivity (Wildman–Crippen MR) is 139 cm³/mol. The van der Waals surface area contributed by atoms with E-state index in [1.165, 1.54) is 51.4 Å². The fourth-order valence-electron chi connectivity index (χ4n) is 3.80. The molecule has 1 rings (SSSR count). The van der Waals surface area contributed by atoms with Crippen molar-refractivity contribution in [3.05, 3.63) is 18.2 Å². The number of hydrogen-bond donors (Lipinski definition) is 0. The molecule has 0 heterocycles. The molecule has 0 aliphatic carbocycles. The SMILES string of the molecule is CCCCCCCCCC(=O)Oc1ccc(OC(C)C)cc1OC(=O)CCCCCCCCC. The lowest BCUT2D eigenvalue weighted by Crippen LogP contribution is -2.13. The molecule has 0 saturated heterocycles. The summed E-state index contributed by atoms with van der Waals surface area (Å²) in [5.41, 5.74) is 0. The number of carbonyl (C=O) groups is 2. The Labute approximate surface area is 207 Å². The number of rotatable bonds is 20. The topological polar surface area (TPSA) is 61.8 Å². The Balaban J connectivity index is 2.55. The van der Waals surface area contributed by atoms with Crippen LogP contribution in [0.2, 0.25) is 0 Å². The van der Waals surface area contributed by atoms with Crippen LogP contribution in [0.15, 0.2) is 18.2 Å². The zero-order chi connectivity index (χ0) is 25.0. The van der Waals surface area contributed by atoms with Gasteiger partial charge < -0.3 is 14.2 Å². The highest BCUT2D eigenvalue weighted by Crippen LogP contribution is 2.33. The van der Waals surface area contributed by atoms with Gasteiger partial charge in [-0.1, -0.05) is 90.9 Å². The number of ether oxygens (including phenoxy) is 3. The van der Waals surface area contributed by atoms with E-state index >= 15 is 0 Å². The van der Waals surface area contributed by atoms with Gasteiger partial charge in [-0.05, 0) is 38.8 Å². The van der Waals surface area contributed by atoms with Gasteiger partial charge in [0.2, 0.25) is 0 Å². The molecule has 1 aromatic carbocycles. The molecular formula is C29H48O5. The van der Waals surface area contributed by atoms with Crippen molar-refractivity contribution in [2.45, 2.75) is 137 Å². The van der Waals surface area contributed by atoms with Crippen molar-refractivity contribution in [1.82, 2.24) is 0 Å². The molecule has 1 aromatic rings. The minimum atomic E-state index is -0.306. The Morgan fingerprint density at radius 1 is 0.647 bits per heavy atom. The summed E-state index contributed by atoms with van der Waals surface area (Å²) in [4.78, 5) is 24.8. The number of carbonyl (C=O) groups excluding carboxylic acids is 2. The summed E-state index contributed by atoms with van der Waals surface area (Å²) < 4.78 is 16.9. The van der Waals surface area contributed by atoms with Crippen LogP contribution in [-0.2, 0) is 9.59 Å². The third-order valence-electron chi connectivity index (χ3n) is 5.70. The molecule has 0 fully saturated rings. The van der Waals surface area contributed by atoms with Crippen LogP contribution in [-0.4, -0.2) is 18.0 Å². The summed E-state index contributed by atoms with van der Waals surface area (Å²) in [5.74, 6) is 0.506. The van der Waals surface area contributed by atoms with Crippen molar-refractivity contribution >= 4 is 11.9 Å². The summed E-state index contributed by atoms with van der Waals surface area (Å²) >= 11 is 0. The molecule has 5 heteroatoms. The second kappa shape index (κ2) is 19.3. The first-order valence-corrected chi connectivity index (χ1v) is 13.7. The van der Waals surface area contributed by atoms with E-state index in [1.807, 2.05) is 13.8 Å². The van der Waals surface area contributed by atoms with Crippen molar-refractivity contribution in [1.29, 1.82) is 0 Å². The molecule has 0 aromatic heterocycles. The molecule has 0 bridgehead atoms. The van der Waals surface area contributed by atoms with E-state index in [2.05, 4.69) is 13.8 Å². The fourth-order valence-corrected chi connectivity index (χ4v) is 3.80. The molecule has 0 atom stereocenters. The molecule has 0 unspecified atom stereocenters. The predicted octanol–water partition coefficient (Wildman–Crippen LogP) is 8.57. The Hall–Kier alpha value is -2.04. The normalized spacial score (nSPS) is 11.0. The van der Waals surface area contributed by atoms with Crippen LogP contribution < -0.4 is 14.2 Å². The van der Waals surface area contributed by atoms with E-state index in [1.54, 1.807) is 18.2 Å². The van der Waals surface area contributed by atoms with Gasteiger partial charge in [-0.25, -0.2) is 0 Å². The maximum Gasteiger partial charge on any atom is 0.311 e. The first-order valence-electron chi connectivity index (χ1n) is 13.7. The standard InChI is InChI=1S/C29H48O5/c1-5-7-9-11-13-15-17-19-28(30)33-26-22-21-25(32-24(3)4)23-27(26)34-29(31)20-18-16-14-12-10-8-6-2/h21-24H,5-20H2,1-4H3. The largest absolute Gasteiger partial charge is 0.491 e. The number of hydrogen-bond acceptors (Lipinski definition) is 5. The van der Waals surface area contributed by atoms with Gasteiger partial charge in [0.15, 0.2) is 11.5 Å². The zero-order valence-electron chi connectivity index (χ0n) is 22.2. The molecule has 0 saturated carbocycles. The summed E-state index contributed by atoms with van der Waals surface area (Å²) in [5, 5.41) is 0. The number of unbranched alkanes of at least 4 members (excludes halogenated alkanes) is 12. The van der Waals surface area contributed by atoms with Gasteiger partial charge in [0.1, 0.15) is 5.75 Å². The maximum absolute atomic E-state index is 12.4. The average molecular weight is 477 g/mol. The lowest BCUT2D eigenvalue weighted by molar-refractivity contribution is -0.137. The van der Waals surface area contributed by atoms with Crippen molar-refractivity contribution < 1.29 is 23.8 Å². The van der Waals surface area contributed by atoms with Crippen LogP contribution in [0.5, 0.6) is 17.2 Å². The van der Waals surface area contributed by atoms with E-state index in [9.17, 15) is 9.59 Å². The van der Waals surface area contributed by atoms with Crippen LogP contribution >= 0.6 is 0 Å². The molecule has 0 radical (unpaired) electrons. The van der Waals surface area contributed by atoms with Crippen LogP contribution in [0.4, 0.5) is 0 Å². The zero-order valence-corrected chi connectivity index (χ0v) is 22.2. The van der Waals surface area contributed by atoms with E-state index in [4.69, 9.17) is 14.2 Å². The maximum atomic E-state index is 12.4. The van der Waals surface area contributed by atoms with E-state index in [0.717, 1.165) is 38.5 Å². The van der Waals surface area contributed by atoms with Crippen LogP contribution in [0, 0.1) is 0 Å². The highest BCUT2D eigenvalue weighted by atomic mass is 16.6. The van der Waals surface area contributed by atoms with Crippen LogP contribution in [0.3, 0.4) is 0 Å². The third kappa shape index (κ3) is 15.0. The van der Waals surface area contributed by atoms with Crippen LogP contribution in [0.25, 0.3) is 0 Å². The molecule has 0 aliphatic rings. The smallest absolute Gasteiger partial charge is 0.311 e. The lowest BCUT2D eigenvalue weighted by Gasteiger charge is -2.14. The van der Waals surface area contributed by atoms with Gasteiger partial charge in [0.25, 0.3) is 0 Å². The Morgan fingerprint density at radius 2 is 1.09 bits per heavy atom. The average Bonchev–Trinajstić information content (AvgIpc) is 2.79. The highest BCUT2D eigenvalue weighted by Gasteiger charge is 2.16. The number of benzene rings is 1. The van der Waals surface area contributed by atoms with E-state index < -0.39 is 0 Å². The van der Waals surface area contributed by atoms with Gasteiger partial charge in [-0.15, -0.1) is 0 Å². The monoisotopic (exact) mass is 476 g/mol. The van der Waals surface area contributed by atoms with Crippen molar-refractivity contribution in [3.8, 4) is 17.2 Å². The first-order chi connectivity index (χ1) is 16.5. The minimum Gasteiger partial charge on any atom is -0.491 e. The second-order valence-electron chi connectivity index (χ2n) is 9.47. The van der Waals surface area contributed by atoms with Crippen LogP contribution in [0.1, 0.15) is 130 Å². The molecule has 34 heavy (non-hydrogen) atoms. The first kappa shape index (κ1) is 30.0. The fraction of sp³-hybridized carbons (Fsp3) is 0.724. The van der Waals surface area contributed by atoms with E-state index in [-0.39, 0.29) is 29.5 Å². The van der Waals surface area contributed by atoms with Gasteiger partial charge in [-0.2, -0.15) is 0 Å². The van der Waals surface area contributed by atoms with Crippen molar-refractivity contribution in [3.63, 3.8) is 0 Å². The van der Waals surface area contributed by atoms with Gasteiger partial charge in [0.05, 0.1) is 6.10 Å². The summed E-state index contributed by atoms with van der Waals surface area (Å²) in [6.07, 6.45) is 16.7. The highest BCUT2D eigenvalue weighted by molar-refractivity contribution is 5.76. The van der Waals surface area contributed by atoms with Gasteiger partial charge in [-0.3, -0.25) is 9.59 Å². The second-order valence-corrected chi connectivity index (χ2v) is 9.47. The molecule has 0 N–H and O–H groups in total. The Morgan fingerprint density at radius 3 is 1.56 bits per heavy atom. The summed E-state index contributed by atoms with van der Waals surface area (Å²) in [6, 6.07) is 5.03. The molecule has 0 spiro atoms. The molecule has 0 amide bonds. The quantitative estimate of drug-likeness (QED) is 0.107. The summed E-state index contributed by atoms with van der Waals surface area (Å²) in [6.45, 7) is 8.28.